The maximum atomic E-state index is 12.8. The zero-order valence-corrected chi connectivity index (χ0v) is 17.3. The minimum atomic E-state index is -1.48. The molecule has 0 saturated carbocycles. The molecule has 0 aliphatic carbocycles. The van der Waals surface area contributed by atoms with E-state index in [-0.39, 0.29) is 5.69 Å². The number of aliphatic carboxylic acids is 1. The number of hydrogen-bond acceptors (Lipinski definition) is 5. The third-order valence-corrected chi connectivity index (χ3v) is 5.21. The molecule has 0 fully saturated rings. The number of fused-ring (bicyclic) bond motifs is 3. The predicted molar refractivity (Wildman–Crippen MR) is 113 cm³/mol. The highest BCUT2D eigenvalue weighted by atomic mass is 35.5. The highest BCUT2D eigenvalue weighted by molar-refractivity contribution is 6.31. The molecule has 0 saturated heterocycles. The Morgan fingerprint density at radius 3 is 2.47 bits per heavy atom. The molecule has 3 heterocycles. The second-order valence-corrected chi connectivity index (χ2v) is 7.53. The topological polar surface area (TPSA) is 101 Å². The van der Waals surface area contributed by atoms with Crippen LogP contribution in [0.4, 0.5) is 0 Å². The minimum Gasteiger partial charge on any atom is -0.480 e. The average Bonchev–Trinajstić information content (AvgIpc) is 3.00. The number of amides is 1. The molecule has 1 aromatic carbocycles. The van der Waals surface area contributed by atoms with Crippen molar-refractivity contribution >= 4 is 45.4 Å². The number of carbonyl (C=O) groups is 2. The Labute approximate surface area is 176 Å². The smallest absolute Gasteiger partial charge is 0.322 e. The number of benzene rings is 1. The normalized spacial score (nSPS) is 12.3. The van der Waals surface area contributed by atoms with Gasteiger partial charge in [-0.2, -0.15) is 0 Å². The lowest BCUT2D eigenvalue weighted by Gasteiger charge is -2.18. The van der Waals surface area contributed by atoms with E-state index in [9.17, 15) is 14.7 Å². The van der Waals surface area contributed by atoms with Gasteiger partial charge in [-0.1, -0.05) is 17.7 Å². The van der Waals surface area contributed by atoms with Crippen molar-refractivity contribution in [2.45, 2.75) is 5.92 Å². The molecule has 1 unspecified atom stereocenters. The van der Waals surface area contributed by atoms with Gasteiger partial charge in [-0.25, -0.2) is 9.97 Å². The number of carbonyl (C=O) groups excluding carboxylic acids is 1. The summed E-state index contributed by atoms with van der Waals surface area (Å²) >= 11 is 6.18. The Kier molecular flexibility index (Phi) is 4.87. The lowest BCUT2D eigenvalue weighted by atomic mass is 9.99. The maximum Gasteiger partial charge on any atom is 0.322 e. The first-order valence-electron chi connectivity index (χ1n) is 9.09. The van der Waals surface area contributed by atoms with Crippen LogP contribution in [-0.2, 0) is 16.6 Å². The standard InChI is InChI=1S/C21H18ClN5O3/c1-26(2)20(28)16(21(29)30)17-15-13-5-4-12(22)10-14(13)27(3)19(15)25-18(24-17)11-6-8-23-9-7-11/h4-10,16H,1-3H3,(H,29,30). The molecule has 4 aromatic rings. The number of carboxylic acids is 1. The predicted octanol–water partition coefficient (Wildman–Crippen LogP) is 3.09. The van der Waals surface area contributed by atoms with Gasteiger partial charge in [-0.05, 0) is 24.3 Å². The molecule has 1 N–H and O–H groups in total. The number of pyridine rings is 1. The van der Waals surface area contributed by atoms with Crippen molar-refractivity contribution in [2.75, 3.05) is 14.1 Å². The fraction of sp³-hybridized carbons (Fsp3) is 0.190. The van der Waals surface area contributed by atoms with Gasteiger partial charge in [0, 0.05) is 54.9 Å². The number of aryl methyl sites for hydroxylation is 1. The third-order valence-electron chi connectivity index (χ3n) is 4.97. The van der Waals surface area contributed by atoms with Crippen molar-refractivity contribution in [3.63, 3.8) is 0 Å². The van der Waals surface area contributed by atoms with Gasteiger partial charge in [0.15, 0.2) is 11.7 Å². The Hall–Kier alpha value is -3.52. The van der Waals surface area contributed by atoms with Gasteiger partial charge in [0.2, 0.25) is 5.91 Å². The van der Waals surface area contributed by atoms with Crippen molar-refractivity contribution in [3.8, 4) is 11.4 Å². The zero-order chi connectivity index (χ0) is 21.6. The molecular weight excluding hydrogens is 406 g/mol. The van der Waals surface area contributed by atoms with Crippen molar-refractivity contribution in [1.29, 1.82) is 0 Å². The molecule has 9 heteroatoms. The molecule has 3 aromatic heterocycles. The van der Waals surface area contributed by atoms with Crippen molar-refractivity contribution < 1.29 is 14.7 Å². The molecule has 0 radical (unpaired) electrons. The highest BCUT2D eigenvalue weighted by Gasteiger charge is 2.35. The van der Waals surface area contributed by atoms with E-state index in [1.165, 1.54) is 19.0 Å². The zero-order valence-electron chi connectivity index (χ0n) is 16.5. The van der Waals surface area contributed by atoms with Gasteiger partial charge < -0.3 is 14.6 Å². The summed E-state index contributed by atoms with van der Waals surface area (Å²) in [4.78, 5) is 39.5. The van der Waals surface area contributed by atoms with Gasteiger partial charge in [-0.15, -0.1) is 0 Å². The van der Waals surface area contributed by atoms with E-state index in [1.54, 1.807) is 42.7 Å². The Balaban J connectivity index is 2.15. The van der Waals surface area contributed by atoms with E-state index in [2.05, 4.69) is 15.0 Å². The average molecular weight is 424 g/mol. The number of hydrogen-bond donors (Lipinski definition) is 1. The first-order valence-corrected chi connectivity index (χ1v) is 9.47. The van der Waals surface area contributed by atoms with Crippen LogP contribution in [0.2, 0.25) is 5.02 Å². The van der Waals surface area contributed by atoms with Gasteiger partial charge in [0.05, 0.1) is 11.2 Å². The van der Waals surface area contributed by atoms with E-state index in [0.29, 0.717) is 27.4 Å². The second-order valence-electron chi connectivity index (χ2n) is 7.09. The van der Waals surface area contributed by atoms with Gasteiger partial charge in [-0.3, -0.25) is 14.6 Å². The fourth-order valence-corrected chi connectivity index (χ4v) is 3.68. The summed E-state index contributed by atoms with van der Waals surface area (Å²) in [7, 11) is 4.85. The molecule has 152 valence electrons. The van der Waals surface area contributed by atoms with Crippen LogP contribution >= 0.6 is 11.6 Å². The van der Waals surface area contributed by atoms with Crippen LogP contribution in [0.3, 0.4) is 0 Å². The summed E-state index contributed by atoms with van der Waals surface area (Å²) < 4.78 is 1.82. The molecule has 4 rings (SSSR count). The summed E-state index contributed by atoms with van der Waals surface area (Å²) in [6, 6.07) is 8.74. The number of likely N-dealkylation sites (N-methyl/N-ethyl adjacent to an activating group) is 1. The monoisotopic (exact) mass is 423 g/mol. The van der Waals surface area contributed by atoms with Crippen LogP contribution in [0.1, 0.15) is 11.6 Å². The molecule has 0 bridgehead atoms. The molecule has 8 nitrogen and oxygen atoms in total. The summed E-state index contributed by atoms with van der Waals surface area (Å²) in [5.74, 6) is -3.02. The SMILES string of the molecule is CN(C)C(=O)C(C(=O)O)c1nc(-c2ccncc2)nc2c1c1ccc(Cl)cc1n2C. The second kappa shape index (κ2) is 7.38. The number of rotatable bonds is 4. The molecular formula is C21H18ClN5O3. The fourth-order valence-electron chi connectivity index (χ4n) is 3.51. The highest BCUT2D eigenvalue weighted by Crippen LogP contribution is 2.35. The number of carboxylic acid groups (broad SMARTS) is 1. The number of nitrogens with zero attached hydrogens (tertiary/aromatic N) is 5. The summed E-state index contributed by atoms with van der Waals surface area (Å²) in [6.45, 7) is 0. The summed E-state index contributed by atoms with van der Waals surface area (Å²) in [6.07, 6.45) is 3.20. The Bertz CT molecular complexity index is 1300. The molecule has 30 heavy (non-hydrogen) atoms. The molecule has 0 aliphatic rings. The van der Waals surface area contributed by atoms with Crippen LogP contribution in [-0.4, -0.2) is 55.5 Å². The lowest BCUT2D eigenvalue weighted by molar-refractivity contribution is -0.146. The first-order chi connectivity index (χ1) is 14.3. The van der Waals surface area contributed by atoms with E-state index in [1.807, 2.05) is 11.6 Å². The van der Waals surface area contributed by atoms with E-state index in [4.69, 9.17) is 11.6 Å². The minimum absolute atomic E-state index is 0.144. The van der Waals surface area contributed by atoms with Crippen molar-refractivity contribution in [2.24, 2.45) is 7.05 Å². The molecule has 1 amide bonds. The quantitative estimate of drug-likeness (QED) is 0.506. The lowest BCUT2D eigenvalue weighted by Crippen LogP contribution is -2.33. The summed E-state index contributed by atoms with van der Waals surface area (Å²) in [5, 5.41) is 11.7. The van der Waals surface area contributed by atoms with Crippen molar-refractivity contribution in [1.82, 2.24) is 24.4 Å². The van der Waals surface area contributed by atoms with Gasteiger partial charge in [0.1, 0.15) is 5.65 Å². The maximum absolute atomic E-state index is 12.8. The van der Waals surface area contributed by atoms with Crippen LogP contribution in [0, 0.1) is 0 Å². The Morgan fingerprint density at radius 1 is 1.13 bits per heavy atom. The van der Waals surface area contributed by atoms with Crippen molar-refractivity contribution in [3.05, 3.63) is 53.4 Å². The van der Waals surface area contributed by atoms with Crippen LogP contribution in [0.15, 0.2) is 42.7 Å². The Morgan fingerprint density at radius 2 is 1.83 bits per heavy atom. The van der Waals surface area contributed by atoms with Crippen LogP contribution in [0.25, 0.3) is 33.3 Å². The van der Waals surface area contributed by atoms with E-state index >= 15 is 0 Å². The third kappa shape index (κ3) is 3.15. The number of aromatic nitrogens is 4. The molecule has 0 aliphatic heterocycles. The largest absolute Gasteiger partial charge is 0.480 e. The van der Waals surface area contributed by atoms with Gasteiger partial charge in [0.25, 0.3) is 0 Å². The molecule has 0 spiro atoms. The number of halogens is 1. The van der Waals surface area contributed by atoms with Crippen LogP contribution < -0.4 is 0 Å². The summed E-state index contributed by atoms with van der Waals surface area (Å²) in [5.41, 5.74) is 2.09. The van der Waals surface area contributed by atoms with Crippen LogP contribution in [0.5, 0.6) is 0 Å². The molecule has 1 atom stereocenters. The first kappa shape index (κ1) is 19.8. The van der Waals surface area contributed by atoms with Gasteiger partial charge >= 0.3 is 5.97 Å². The van der Waals surface area contributed by atoms with E-state index in [0.717, 1.165) is 10.9 Å². The van der Waals surface area contributed by atoms with E-state index < -0.39 is 17.8 Å².